The molecule has 0 amide bonds. The second kappa shape index (κ2) is 4.98. The fourth-order valence-electron chi connectivity index (χ4n) is 1.42. The summed E-state index contributed by atoms with van der Waals surface area (Å²) in [6, 6.07) is 5.13. The molecule has 1 aromatic carbocycles. The molecule has 1 atom stereocenters. The highest BCUT2D eigenvalue weighted by atomic mass is 79.9. The van der Waals surface area contributed by atoms with Gasteiger partial charge in [0.1, 0.15) is 11.6 Å². The Bertz CT molecular complexity index is 558. The molecule has 0 bridgehead atoms. The van der Waals surface area contributed by atoms with Gasteiger partial charge in [0, 0.05) is 10.0 Å². The highest BCUT2D eigenvalue weighted by Gasteiger charge is 2.18. The smallest absolute Gasteiger partial charge is 0.193 e. The van der Waals surface area contributed by atoms with E-state index in [0.29, 0.717) is 15.3 Å². The van der Waals surface area contributed by atoms with Gasteiger partial charge in [-0.15, -0.1) is 0 Å². The highest BCUT2D eigenvalue weighted by molar-refractivity contribution is 9.10. The van der Waals surface area contributed by atoms with Crippen molar-refractivity contribution in [1.29, 1.82) is 0 Å². The third-order valence-electron chi connectivity index (χ3n) is 2.28. The molecular weight excluding hydrogens is 332 g/mol. The molecule has 0 saturated heterocycles. The summed E-state index contributed by atoms with van der Waals surface area (Å²) in [6.45, 7) is 0. The number of benzene rings is 1. The summed E-state index contributed by atoms with van der Waals surface area (Å²) >= 11 is 14.7. The lowest BCUT2D eigenvalue weighted by molar-refractivity contribution is 0.482. The molecule has 90 valence electrons. The maximum Gasteiger partial charge on any atom is 0.193 e. The van der Waals surface area contributed by atoms with Gasteiger partial charge in [-0.1, -0.05) is 11.6 Å². The monoisotopic (exact) mass is 337 g/mol. The van der Waals surface area contributed by atoms with E-state index in [0.717, 1.165) is 0 Å². The molecule has 2 nitrogen and oxygen atoms in total. The summed E-state index contributed by atoms with van der Waals surface area (Å²) in [4.78, 5) is 0. The van der Waals surface area contributed by atoms with Gasteiger partial charge in [-0.05, 0) is 51.8 Å². The summed E-state index contributed by atoms with van der Waals surface area (Å²) in [7, 11) is 0. The van der Waals surface area contributed by atoms with E-state index in [1.807, 2.05) is 0 Å². The van der Waals surface area contributed by atoms with Crippen molar-refractivity contribution in [2.75, 3.05) is 0 Å². The van der Waals surface area contributed by atoms with E-state index >= 15 is 0 Å². The van der Waals surface area contributed by atoms with Crippen LogP contribution in [0.4, 0.5) is 4.39 Å². The van der Waals surface area contributed by atoms with Crippen molar-refractivity contribution in [2.45, 2.75) is 6.04 Å². The SMILES string of the molecule is NC(c1ccc(Cl)o1)c1cc(Cl)c(Br)cc1F. The van der Waals surface area contributed by atoms with Crippen LogP contribution < -0.4 is 5.73 Å². The molecule has 1 aromatic heterocycles. The third-order valence-corrected chi connectivity index (χ3v) is 3.68. The Kier molecular flexibility index (Phi) is 3.78. The Hall–Kier alpha value is -0.550. The van der Waals surface area contributed by atoms with E-state index in [4.69, 9.17) is 33.4 Å². The zero-order valence-electron chi connectivity index (χ0n) is 8.38. The Morgan fingerprint density at radius 3 is 2.59 bits per heavy atom. The van der Waals surface area contributed by atoms with E-state index in [9.17, 15) is 4.39 Å². The van der Waals surface area contributed by atoms with Crippen molar-refractivity contribution >= 4 is 39.1 Å². The zero-order chi connectivity index (χ0) is 12.6. The van der Waals surface area contributed by atoms with Gasteiger partial charge in [0.2, 0.25) is 0 Å². The topological polar surface area (TPSA) is 39.2 Å². The average Bonchev–Trinajstić information content (AvgIpc) is 2.69. The van der Waals surface area contributed by atoms with Crippen LogP contribution in [0.25, 0.3) is 0 Å². The van der Waals surface area contributed by atoms with Crippen molar-refractivity contribution in [3.8, 4) is 0 Å². The quantitative estimate of drug-likeness (QED) is 0.817. The van der Waals surface area contributed by atoms with Gasteiger partial charge in [0.15, 0.2) is 5.22 Å². The van der Waals surface area contributed by atoms with Crippen molar-refractivity contribution in [3.05, 3.63) is 56.1 Å². The molecule has 2 N–H and O–H groups in total. The van der Waals surface area contributed by atoms with Gasteiger partial charge in [0.05, 0.1) is 11.1 Å². The standard InChI is InChI=1S/C11H7BrCl2FNO/c12-6-4-8(15)5(3-7(6)13)11(16)9-1-2-10(14)17-9/h1-4,11H,16H2. The van der Waals surface area contributed by atoms with Gasteiger partial charge in [-0.2, -0.15) is 0 Å². The molecule has 1 heterocycles. The molecule has 0 spiro atoms. The van der Waals surface area contributed by atoms with E-state index in [1.165, 1.54) is 12.1 Å². The van der Waals surface area contributed by atoms with Crippen LogP contribution in [-0.4, -0.2) is 0 Å². The van der Waals surface area contributed by atoms with Crippen LogP contribution in [0.5, 0.6) is 0 Å². The number of hydrogen-bond acceptors (Lipinski definition) is 2. The van der Waals surface area contributed by atoms with Crippen LogP contribution in [0.1, 0.15) is 17.4 Å². The van der Waals surface area contributed by atoms with Crippen molar-refractivity contribution in [3.63, 3.8) is 0 Å². The summed E-state index contributed by atoms with van der Waals surface area (Å²) in [5.74, 6) is -0.0754. The minimum absolute atomic E-state index is 0.207. The first-order valence-electron chi connectivity index (χ1n) is 4.64. The molecule has 17 heavy (non-hydrogen) atoms. The second-order valence-corrected chi connectivity index (χ2v) is 5.04. The van der Waals surface area contributed by atoms with E-state index < -0.39 is 11.9 Å². The first kappa shape index (κ1) is 12.9. The number of halogens is 4. The van der Waals surface area contributed by atoms with E-state index in [2.05, 4.69) is 15.9 Å². The van der Waals surface area contributed by atoms with Crippen LogP contribution in [-0.2, 0) is 0 Å². The average molecular weight is 339 g/mol. The van der Waals surface area contributed by atoms with Crippen LogP contribution in [0.3, 0.4) is 0 Å². The summed E-state index contributed by atoms with van der Waals surface area (Å²) in [6.07, 6.45) is 0. The van der Waals surface area contributed by atoms with Crippen LogP contribution in [0.15, 0.2) is 33.2 Å². The Labute approximate surface area is 116 Å². The lowest BCUT2D eigenvalue weighted by Gasteiger charge is -2.11. The maximum atomic E-state index is 13.7. The number of hydrogen-bond donors (Lipinski definition) is 1. The molecule has 0 radical (unpaired) electrons. The molecular formula is C11H7BrCl2FNO. The fraction of sp³-hybridized carbons (Fsp3) is 0.0909. The van der Waals surface area contributed by atoms with E-state index in [-0.39, 0.29) is 10.8 Å². The number of rotatable bonds is 2. The van der Waals surface area contributed by atoms with Crippen molar-refractivity contribution < 1.29 is 8.81 Å². The first-order valence-corrected chi connectivity index (χ1v) is 6.19. The Balaban J connectivity index is 2.43. The lowest BCUT2D eigenvalue weighted by Crippen LogP contribution is -2.12. The maximum absolute atomic E-state index is 13.7. The highest BCUT2D eigenvalue weighted by Crippen LogP contribution is 2.31. The summed E-state index contributed by atoms with van der Waals surface area (Å²) in [5, 5.41) is 0.591. The van der Waals surface area contributed by atoms with Crippen molar-refractivity contribution in [2.24, 2.45) is 5.73 Å². The van der Waals surface area contributed by atoms with Gasteiger partial charge in [-0.3, -0.25) is 0 Å². The lowest BCUT2D eigenvalue weighted by atomic mass is 10.1. The van der Waals surface area contributed by atoms with Crippen molar-refractivity contribution in [1.82, 2.24) is 0 Å². The van der Waals surface area contributed by atoms with E-state index in [1.54, 1.807) is 12.1 Å². The Morgan fingerprint density at radius 2 is 2.00 bits per heavy atom. The normalized spacial score (nSPS) is 12.8. The van der Waals surface area contributed by atoms with Gasteiger partial charge in [0.25, 0.3) is 0 Å². The zero-order valence-corrected chi connectivity index (χ0v) is 11.5. The number of nitrogens with two attached hydrogens (primary N) is 1. The molecule has 1 unspecified atom stereocenters. The predicted octanol–water partition coefficient (Wildman–Crippen LogP) is 4.54. The first-order chi connectivity index (χ1) is 7.99. The van der Waals surface area contributed by atoms with Crippen LogP contribution in [0.2, 0.25) is 10.2 Å². The fourth-order valence-corrected chi connectivity index (χ4v) is 2.06. The van der Waals surface area contributed by atoms with Crippen LogP contribution >= 0.6 is 39.1 Å². The second-order valence-electron chi connectivity index (χ2n) is 3.41. The minimum atomic E-state index is -0.743. The molecule has 6 heteroatoms. The predicted molar refractivity (Wildman–Crippen MR) is 68.9 cm³/mol. The molecule has 0 saturated carbocycles. The molecule has 0 aliphatic carbocycles. The molecule has 2 rings (SSSR count). The molecule has 0 fully saturated rings. The number of furan rings is 1. The molecule has 2 aromatic rings. The molecule has 0 aliphatic rings. The van der Waals surface area contributed by atoms with Gasteiger partial charge < -0.3 is 10.2 Å². The van der Waals surface area contributed by atoms with Crippen LogP contribution in [0, 0.1) is 5.82 Å². The largest absolute Gasteiger partial charge is 0.448 e. The minimum Gasteiger partial charge on any atom is -0.448 e. The van der Waals surface area contributed by atoms with Gasteiger partial charge >= 0.3 is 0 Å². The third kappa shape index (κ3) is 2.65. The summed E-state index contributed by atoms with van der Waals surface area (Å²) in [5.41, 5.74) is 6.14. The van der Waals surface area contributed by atoms with Gasteiger partial charge in [-0.25, -0.2) is 4.39 Å². The molecule has 0 aliphatic heterocycles. The Morgan fingerprint density at radius 1 is 1.29 bits per heavy atom. The summed E-state index contributed by atoms with van der Waals surface area (Å²) < 4.78 is 19.4.